The molecule has 0 saturated carbocycles. The topological polar surface area (TPSA) is 96.5 Å². The molecule has 7 nitrogen and oxygen atoms in total. The van der Waals surface area contributed by atoms with Crippen LogP contribution in [0.1, 0.15) is 30.0 Å². The molecule has 0 aliphatic carbocycles. The average molecular weight is 397 g/mol. The number of urea groups is 1. The molecule has 0 unspecified atom stereocenters. The highest BCUT2D eigenvalue weighted by atomic mass is 16.5. The number of aryl methyl sites for hydroxylation is 3. The minimum absolute atomic E-state index is 0.0393. The van der Waals surface area contributed by atoms with Crippen molar-refractivity contribution in [1.82, 2.24) is 5.32 Å². The number of anilines is 2. The third kappa shape index (κ3) is 6.95. The molecule has 2 rings (SSSR count). The molecular weight excluding hydrogens is 370 g/mol. The maximum atomic E-state index is 12.4. The summed E-state index contributed by atoms with van der Waals surface area (Å²) in [5, 5.41) is 8.04. The van der Waals surface area contributed by atoms with E-state index < -0.39 is 24.0 Å². The van der Waals surface area contributed by atoms with E-state index in [0.717, 1.165) is 22.4 Å². The van der Waals surface area contributed by atoms with Crippen LogP contribution in [0.25, 0.3) is 0 Å². The van der Waals surface area contributed by atoms with Gasteiger partial charge in [-0.2, -0.15) is 0 Å². The summed E-state index contributed by atoms with van der Waals surface area (Å²) in [6.45, 7) is 7.44. The van der Waals surface area contributed by atoms with Crippen LogP contribution in [0.3, 0.4) is 0 Å². The highest BCUT2D eigenvalue weighted by Crippen LogP contribution is 2.22. The molecule has 3 amide bonds. The molecule has 154 valence electrons. The second kappa shape index (κ2) is 10.3. The molecule has 0 aliphatic heterocycles. The fraction of sp³-hybridized carbons (Fsp3) is 0.318. The number of carbonyl (C=O) groups is 3. The fourth-order valence-corrected chi connectivity index (χ4v) is 2.89. The first kappa shape index (κ1) is 21.9. The normalized spacial score (nSPS) is 11.3. The zero-order valence-electron chi connectivity index (χ0n) is 17.2. The van der Waals surface area contributed by atoms with Crippen LogP contribution in [0, 0.1) is 20.8 Å². The lowest BCUT2D eigenvalue weighted by molar-refractivity contribution is -0.153. The molecule has 3 N–H and O–H groups in total. The Morgan fingerprint density at radius 3 is 2.21 bits per heavy atom. The van der Waals surface area contributed by atoms with E-state index in [0.29, 0.717) is 5.69 Å². The summed E-state index contributed by atoms with van der Waals surface area (Å²) in [5.41, 5.74) is 4.38. The molecule has 0 aromatic heterocycles. The maximum absolute atomic E-state index is 12.4. The van der Waals surface area contributed by atoms with E-state index in [1.807, 2.05) is 39.0 Å². The Morgan fingerprint density at radius 1 is 0.966 bits per heavy atom. The molecular formula is C22H27N3O4. The minimum Gasteiger partial charge on any atom is -0.452 e. The molecule has 0 radical (unpaired) electrons. The number of hydrogen-bond donors (Lipinski definition) is 3. The molecule has 2 aromatic rings. The number of carbonyl (C=O) groups excluding carboxylic acids is 3. The summed E-state index contributed by atoms with van der Waals surface area (Å²) in [6.07, 6.45) is -0.983. The van der Waals surface area contributed by atoms with Crippen LogP contribution in [0.2, 0.25) is 0 Å². The summed E-state index contributed by atoms with van der Waals surface area (Å²) in [7, 11) is 0. The number of rotatable bonds is 7. The van der Waals surface area contributed by atoms with Crippen LogP contribution in [-0.4, -0.2) is 30.6 Å². The van der Waals surface area contributed by atoms with Crippen LogP contribution < -0.4 is 16.0 Å². The van der Waals surface area contributed by atoms with E-state index in [2.05, 4.69) is 16.0 Å². The predicted molar refractivity (Wildman–Crippen MR) is 113 cm³/mol. The standard InChI is InChI=1S/C22H27N3O4/c1-14-12-15(2)20(16(3)13-14)25-21(27)17(4)29-19(26)10-11-23-22(28)24-18-8-6-5-7-9-18/h5-9,12-13,17H,10-11H2,1-4H3,(H,25,27)(H2,23,24,28)/t17-/m1/s1. The van der Waals surface area contributed by atoms with Crippen molar-refractivity contribution in [2.75, 3.05) is 17.2 Å². The Morgan fingerprint density at radius 2 is 1.59 bits per heavy atom. The lowest BCUT2D eigenvalue weighted by Gasteiger charge is -2.17. The Balaban J connectivity index is 1.75. The molecule has 0 heterocycles. The van der Waals surface area contributed by atoms with Crippen LogP contribution in [0.5, 0.6) is 0 Å². The van der Waals surface area contributed by atoms with Gasteiger partial charge in [0, 0.05) is 17.9 Å². The largest absolute Gasteiger partial charge is 0.452 e. The minimum atomic E-state index is -0.944. The second-order valence-corrected chi connectivity index (χ2v) is 6.89. The Labute approximate surface area is 170 Å². The summed E-state index contributed by atoms with van der Waals surface area (Å²) in [5.74, 6) is -0.965. The second-order valence-electron chi connectivity index (χ2n) is 6.89. The third-order valence-corrected chi connectivity index (χ3v) is 4.25. The van der Waals surface area contributed by atoms with E-state index >= 15 is 0 Å². The van der Waals surface area contributed by atoms with Crippen molar-refractivity contribution < 1.29 is 19.1 Å². The summed E-state index contributed by atoms with van der Waals surface area (Å²) >= 11 is 0. The van der Waals surface area contributed by atoms with Crippen molar-refractivity contribution in [2.45, 2.75) is 40.2 Å². The molecule has 29 heavy (non-hydrogen) atoms. The zero-order valence-corrected chi connectivity index (χ0v) is 17.2. The molecule has 0 spiro atoms. The average Bonchev–Trinajstić information content (AvgIpc) is 2.65. The molecule has 0 fully saturated rings. The van der Waals surface area contributed by atoms with E-state index in [1.165, 1.54) is 6.92 Å². The van der Waals surface area contributed by atoms with Gasteiger partial charge in [0.1, 0.15) is 0 Å². The molecule has 0 saturated heterocycles. The van der Waals surface area contributed by atoms with Crippen molar-refractivity contribution in [3.05, 3.63) is 59.2 Å². The number of amides is 3. The van der Waals surface area contributed by atoms with Crippen LogP contribution in [0.4, 0.5) is 16.2 Å². The Hall–Kier alpha value is -3.35. The SMILES string of the molecule is Cc1cc(C)c(NC(=O)[C@@H](C)OC(=O)CCNC(=O)Nc2ccccc2)c(C)c1. The number of nitrogens with one attached hydrogen (secondary N) is 3. The van der Waals surface area contributed by atoms with E-state index in [-0.39, 0.29) is 13.0 Å². The summed E-state index contributed by atoms with van der Waals surface area (Å²) < 4.78 is 5.17. The van der Waals surface area contributed by atoms with Gasteiger partial charge in [-0.05, 0) is 51.0 Å². The third-order valence-electron chi connectivity index (χ3n) is 4.25. The van der Waals surface area contributed by atoms with Gasteiger partial charge < -0.3 is 20.7 Å². The van der Waals surface area contributed by atoms with Crippen molar-refractivity contribution in [1.29, 1.82) is 0 Å². The monoisotopic (exact) mass is 397 g/mol. The van der Waals surface area contributed by atoms with Crippen LogP contribution in [-0.2, 0) is 14.3 Å². The Bertz CT molecular complexity index is 858. The van der Waals surface area contributed by atoms with Crippen molar-refractivity contribution in [3.8, 4) is 0 Å². The number of ether oxygens (including phenoxy) is 1. The quantitative estimate of drug-likeness (QED) is 0.621. The van der Waals surface area contributed by atoms with Gasteiger partial charge in [0.2, 0.25) is 0 Å². The van der Waals surface area contributed by atoms with Gasteiger partial charge in [0.15, 0.2) is 6.10 Å². The molecule has 2 aromatic carbocycles. The van der Waals surface area contributed by atoms with Crippen molar-refractivity contribution in [3.63, 3.8) is 0 Å². The lowest BCUT2D eigenvalue weighted by atomic mass is 10.0. The van der Waals surface area contributed by atoms with Gasteiger partial charge in [-0.3, -0.25) is 9.59 Å². The smallest absolute Gasteiger partial charge is 0.319 e. The van der Waals surface area contributed by atoms with Gasteiger partial charge in [-0.1, -0.05) is 35.9 Å². The Kier molecular flexibility index (Phi) is 7.77. The number of esters is 1. The summed E-state index contributed by atoms with van der Waals surface area (Å²) in [4.78, 5) is 36.1. The van der Waals surface area contributed by atoms with Gasteiger partial charge in [-0.25, -0.2) is 4.79 Å². The lowest BCUT2D eigenvalue weighted by Crippen LogP contribution is -2.33. The zero-order chi connectivity index (χ0) is 21.4. The highest BCUT2D eigenvalue weighted by molar-refractivity contribution is 5.96. The fourth-order valence-electron chi connectivity index (χ4n) is 2.89. The van der Waals surface area contributed by atoms with Crippen LogP contribution >= 0.6 is 0 Å². The first-order valence-electron chi connectivity index (χ1n) is 9.44. The van der Waals surface area contributed by atoms with Crippen molar-refractivity contribution >= 4 is 29.3 Å². The first-order chi connectivity index (χ1) is 13.8. The van der Waals surface area contributed by atoms with Crippen molar-refractivity contribution in [2.24, 2.45) is 0 Å². The number of hydrogen-bond acceptors (Lipinski definition) is 4. The summed E-state index contributed by atoms with van der Waals surface area (Å²) in [6, 6.07) is 12.5. The predicted octanol–water partition coefficient (Wildman–Crippen LogP) is 3.69. The van der Waals surface area contributed by atoms with E-state index in [1.54, 1.807) is 24.3 Å². The van der Waals surface area contributed by atoms with Gasteiger partial charge in [0.05, 0.1) is 6.42 Å². The van der Waals surface area contributed by atoms with E-state index in [9.17, 15) is 14.4 Å². The molecule has 7 heteroatoms. The molecule has 0 aliphatic rings. The van der Waals surface area contributed by atoms with Gasteiger partial charge in [-0.15, -0.1) is 0 Å². The van der Waals surface area contributed by atoms with Gasteiger partial charge in [0.25, 0.3) is 5.91 Å². The molecule has 1 atom stereocenters. The van der Waals surface area contributed by atoms with Crippen LogP contribution in [0.15, 0.2) is 42.5 Å². The van der Waals surface area contributed by atoms with Gasteiger partial charge >= 0.3 is 12.0 Å². The maximum Gasteiger partial charge on any atom is 0.319 e. The first-order valence-corrected chi connectivity index (χ1v) is 9.44. The number of para-hydroxylation sites is 1. The highest BCUT2D eigenvalue weighted by Gasteiger charge is 2.19. The van der Waals surface area contributed by atoms with E-state index in [4.69, 9.17) is 4.74 Å². The molecule has 0 bridgehead atoms. The number of benzene rings is 2.